The fourth-order valence-electron chi connectivity index (χ4n) is 1.73. The molecule has 1 heterocycles. The fourth-order valence-corrected chi connectivity index (χ4v) is 1.73. The highest BCUT2D eigenvalue weighted by atomic mass is 16.4. The number of anilines is 1. The van der Waals surface area contributed by atoms with Crippen molar-refractivity contribution in [2.75, 3.05) is 18.0 Å². The Bertz CT molecular complexity index is 522. The maximum Gasteiger partial charge on any atom is 0.308 e. The molecule has 0 radical (unpaired) electrons. The molecule has 1 rings (SSSR count). The van der Waals surface area contributed by atoms with Crippen LogP contribution in [0.3, 0.4) is 0 Å². The van der Waals surface area contributed by atoms with Crippen molar-refractivity contribution in [1.29, 1.82) is 5.26 Å². The summed E-state index contributed by atoms with van der Waals surface area (Å²) in [5, 5.41) is 26.3. The van der Waals surface area contributed by atoms with Gasteiger partial charge in [0, 0.05) is 13.1 Å². The standard InChI is InChI=1S/C13H18N4O2/c1-5-17(7-8(2)13(18)19)12-11(6-14)9(3)10(4)15-16-12/h8H,5,7H2,1-4H3,(H,18,19). The highest BCUT2D eigenvalue weighted by Crippen LogP contribution is 2.21. The maximum atomic E-state index is 10.9. The summed E-state index contributed by atoms with van der Waals surface area (Å²) in [6.45, 7) is 8.02. The second kappa shape index (κ2) is 6.14. The van der Waals surface area contributed by atoms with Gasteiger partial charge >= 0.3 is 5.97 Å². The third kappa shape index (κ3) is 3.19. The van der Waals surface area contributed by atoms with Gasteiger partial charge in [0.05, 0.1) is 11.6 Å². The van der Waals surface area contributed by atoms with Gasteiger partial charge in [-0.3, -0.25) is 4.79 Å². The normalized spacial score (nSPS) is 11.7. The van der Waals surface area contributed by atoms with Gasteiger partial charge in [-0.2, -0.15) is 10.4 Å². The number of nitriles is 1. The molecule has 0 saturated carbocycles. The first-order chi connectivity index (χ1) is 8.92. The number of aryl methyl sites for hydroxylation is 1. The summed E-state index contributed by atoms with van der Waals surface area (Å²) in [6, 6.07) is 2.13. The molecule has 1 aromatic rings. The SMILES string of the molecule is CCN(CC(C)C(=O)O)c1nnc(C)c(C)c1C#N. The zero-order chi connectivity index (χ0) is 14.6. The molecule has 0 aliphatic heterocycles. The zero-order valence-electron chi connectivity index (χ0n) is 11.6. The van der Waals surface area contributed by atoms with E-state index < -0.39 is 11.9 Å². The first-order valence-corrected chi connectivity index (χ1v) is 6.14. The Balaban J connectivity index is 3.16. The van der Waals surface area contributed by atoms with E-state index in [0.29, 0.717) is 30.2 Å². The largest absolute Gasteiger partial charge is 0.481 e. The Morgan fingerprint density at radius 1 is 1.47 bits per heavy atom. The van der Waals surface area contributed by atoms with Crippen molar-refractivity contribution in [3.05, 3.63) is 16.8 Å². The van der Waals surface area contributed by atoms with Crippen molar-refractivity contribution in [3.63, 3.8) is 0 Å². The zero-order valence-corrected chi connectivity index (χ0v) is 11.6. The van der Waals surface area contributed by atoms with Gasteiger partial charge in [0.1, 0.15) is 11.6 Å². The minimum Gasteiger partial charge on any atom is -0.481 e. The predicted molar refractivity (Wildman–Crippen MR) is 70.9 cm³/mol. The first kappa shape index (κ1) is 14.9. The van der Waals surface area contributed by atoms with E-state index in [1.54, 1.807) is 18.7 Å². The van der Waals surface area contributed by atoms with Crippen LogP contribution in [0.25, 0.3) is 0 Å². The van der Waals surface area contributed by atoms with Crippen LogP contribution in [-0.4, -0.2) is 34.4 Å². The number of hydrogen-bond donors (Lipinski definition) is 1. The summed E-state index contributed by atoms with van der Waals surface area (Å²) in [5.74, 6) is -0.940. The van der Waals surface area contributed by atoms with E-state index in [1.165, 1.54) is 0 Å². The highest BCUT2D eigenvalue weighted by Gasteiger charge is 2.20. The molecule has 1 atom stereocenters. The number of hydrogen-bond acceptors (Lipinski definition) is 5. The molecule has 1 aromatic heterocycles. The lowest BCUT2D eigenvalue weighted by molar-refractivity contribution is -0.140. The number of aliphatic carboxylic acids is 1. The first-order valence-electron chi connectivity index (χ1n) is 6.14. The summed E-state index contributed by atoms with van der Waals surface area (Å²) in [6.07, 6.45) is 0. The number of carboxylic acids is 1. The van der Waals surface area contributed by atoms with Gasteiger partial charge in [-0.1, -0.05) is 6.92 Å². The lowest BCUT2D eigenvalue weighted by Gasteiger charge is -2.24. The van der Waals surface area contributed by atoms with Crippen LogP contribution in [0.4, 0.5) is 5.82 Å². The second-order valence-corrected chi connectivity index (χ2v) is 4.50. The number of rotatable bonds is 5. The Hall–Kier alpha value is -2.16. The fraction of sp³-hybridized carbons (Fsp3) is 0.538. The van der Waals surface area contributed by atoms with E-state index in [4.69, 9.17) is 5.11 Å². The molecule has 6 heteroatoms. The number of aromatic nitrogens is 2. The van der Waals surface area contributed by atoms with E-state index in [0.717, 1.165) is 5.56 Å². The molecule has 0 aliphatic rings. The van der Waals surface area contributed by atoms with Crippen molar-refractivity contribution in [2.24, 2.45) is 5.92 Å². The minimum atomic E-state index is -0.867. The van der Waals surface area contributed by atoms with Crippen molar-refractivity contribution in [3.8, 4) is 6.07 Å². The molecule has 1 N–H and O–H groups in total. The highest BCUT2D eigenvalue weighted by molar-refractivity contribution is 5.70. The Morgan fingerprint density at radius 3 is 2.58 bits per heavy atom. The van der Waals surface area contributed by atoms with Gasteiger partial charge in [-0.25, -0.2) is 0 Å². The van der Waals surface area contributed by atoms with E-state index in [-0.39, 0.29) is 0 Å². The molecule has 0 amide bonds. The predicted octanol–water partition coefficient (Wildman–Crippen LogP) is 1.51. The molecule has 6 nitrogen and oxygen atoms in total. The molecular formula is C13H18N4O2. The van der Waals surface area contributed by atoms with Gasteiger partial charge in [0.25, 0.3) is 0 Å². The molecule has 102 valence electrons. The summed E-state index contributed by atoms with van der Waals surface area (Å²) < 4.78 is 0. The van der Waals surface area contributed by atoms with Crippen LogP contribution in [0.5, 0.6) is 0 Å². The lowest BCUT2D eigenvalue weighted by Crippen LogP contribution is -2.33. The Morgan fingerprint density at radius 2 is 2.11 bits per heavy atom. The van der Waals surface area contributed by atoms with Crippen LogP contribution in [0, 0.1) is 31.1 Å². The third-order valence-electron chi connectivity index (χ3n) is 3.14. The average molecular weight is 262 g/mol. The third-order valence-corrected chi connectivity index (χ3v) is 3.14. The van der Waals surface area contributed by atoms with Crippen LogP contribution in [0.15, 0.2) is 0 Å². The molecule has 0 aliphatic carbocycles. The van der Waals surface area contributed by atoms with Gasteiger partial charge in [-0.05, 0) is 26.3 Å². The van der Waals surface area contributed by atoms with Crippen molar-refractivity contribution < 1.29 is 9.90 Å². The van der Waals surface area contributed by atoms with E-state index in [2.05, 4.69) is 16.3 Å². The molecule has 0 aromatic carbocycles. The van der Waals surface area contributed by atoms with Crippen LogP contribution >= 0.6 is 0 Å². The molecular weight excluding hydrogens is 244 g/mol. The maximum absolute atomic E-state index is 10.9. The number of carboxylic acid groups (broad SMARTS) is 1. The second-order valence-electron chi connectivity index (χ2n) is 4.50. The van der Waals surface area contributed by atoms with Crippen molar-refractivity contribution in [1.82, 2.24) is 10.2 Å². The van der Waals surface area contributed by atoms with Crippen LogP contribution < -0.4 is 4.90 Å². The van der Waals surface area contributed by atoms with Crippen LogP contribution in [0.1, 0.15) is 30.7 Å². The quantitative estimate of drug-likeness (QED) is 0.865. The topological polar surface area (TPSA) is 90.1 Å². The minimum absolute atomic E-state index is 0.303. The van der Waals surface area contributed by atoms with Gasteiger partial charge in [0.15, 0.2) is 5.82 Å². The van der Waals surface area contributed by atoms with Crippen molar-refractivity contribution in [2.45, 2.75) is 27.7 Å². The van der Waals surface area contributed by atoms with Gasteiger partial charge in [0.2, 0.25) is 0 Å². The molecule has 19 heavy (non-hydrogen) atoms. The van der Waals surface area contributed by atoms with Gasteiger partial charge in [-0.15, -0.1) is 5.10 Å². The summed E-state index contributed by atoms with van der Waals surface area (Å²) in [5.41, 5.74) is 1.96. The average Bonchev–Trinajstić information content (AvgIpc) is 2.38. The molecule has 0 saturated heterocycles. The number of carbonyl (C=O) groups is 1. The molecule has 0 fully saturated rings. The number of nitrogens with zero attached hydrogens (tertiary/aromatic N) is 4. The van der Waals surface area contributed by atoms with E-state index in [9.17, 15) is 10.1 Å². The van der Waals surface area contributed by atoms with Crippen LogP contribution in [0.2, 0.25) is 0 Å². The summed E-state index contributed by atoms with van der Waals surface area (Å²) >= 11 is 0. The van der Waals surface area contributed by atoms with Gasteiger partial charge < -0.3 is 10.0 Å². The monoisotopic (exact) mass is 262 g/mol. The molecule has 0 spiro atoms. The molecule has 1 unspecified atom stereocenters. The summed E-state index contributed by atoms with van der Waals surface area (Å²) in [4.78, 5) is 12.7. The van der Waals surface area contributed by atoms with E-state index >= 15 is 0 Å². The Labute approximate surface area is 112 Å². The van der Waals surface area contributed by atoms with Crippen molar-refractivity contribution >= 4 is 11.8 Å². The lowest BCUT2D eigenvalue weighted by atomic mass is 10.1. The molecule has 0 bridgehead atoms. The van der Waals surface area contributed by atoms with Crippen LogP contribution in [-0.2, 0) is 4.79 Å². The van der Waals surface area contributed by atoms with E-state index in [1.807, 2.05) is 13.8 Å². The Kier molecular flexibility index (Phi) is 4.81. The smallest absolute Gasteiger partial charge is 0.308 e. The summed E-state index contributed by atoms with van der Waals surface area (Å²) in [7, 11) is 0.